The van der Waals surface area contributed by atoms with E-state index in [1.54, 1.807) is 7.11 Å². The summed E-state index contributed by atoms with van der Waals surface area (Å²) in [5, 5.41) is 1.47. The zero-order valence-corrected chi connectivity index (χ0v) is 14.8. The van der Waals surface area contributed by atoms with Gasteiger partial charge in [-0.1, -0.05) is 12.1 Å². The Morgan fingerprint density at radius 3 is 2.15 bits per heavy atom. The molecule has 1 aromatic heterocycles. The van der Waals surface area contributed by atoms with Crippen LogP contribution in [0.4, 0.5) is 13.2 Å². The van der Waals surface area contributed by atoms with Crippen molar-refractivity contribution in [2.24, 2.45) is 7.05 Å². The van der Waals surface area contributed by atoms with Gasteiger partial charge in [0.25, 0.3) is 0 Å². The first kappa shape index (κ1) is 20.7. The Bertz CT molecular complexity index is 1140. The van der Waals surface area contributed by atoms with E-state index in [2.05, 4.69) is 4.18 Å². The first-order chi connectivity index (χ1) is 12.4. The Kier molecular flexibility index (Phi) is 5.78. The van der Waals surface area contributed by atoms with Gasteiger partial charge in [-0.25, -0.2) is 0 Å². The van der Waals surface area contributed by atoms with E-state index >= 15 is 0 Å². The van der Waals surface area contributed by atoms with E-state index in [0.29, 0.717) is 0 Å². The molecule has 2 aromatic carbocycles. The highest BCUT2D eigenvalue weighted by Gasteiger charge is 2.35. The summed E-state index contributed by atoms with van der Waals surface area (Å²) in [7, 11) is -1.82. The standard InChI is InChI=1S/C15H13NO2.CHF3O4S/c1-16-13-6-4-3-5-11(13)15(17)12-8-7-10(18-2)9-14(12)16;2-1(3,4)8-9(5,6)7/h3-9H,1-2H3;(H,5,6,7). The summed E-state index contributed by atoms with van der Waals surface area (Å²) in [6.45, 7) is 0. The van der Waals surface area contributed by atoms with Gasteiger partial charge in [0.05, 0.1) is 18.1 Å². The number of benzene rings is 2. The highest BCUT2D eigenvalue weighted by molar-refractivity contribution is 7.80. The molecule has 0 amide bonds. The molecule has 146 valence electrons. The van der Waals surface area contributed by atoms with E-state index in [0.717, 1.165) is 27.6 Å². The zero-order chi connectivity index (χ0) is 20.4. The normalized spacial score (nSPS) is 11.9. The lowest BCUT2D eigenvalue weighted by atomic mass is 10.1. The minimum atomic E-state index is -5.41. The van der Waals surface area contributed by atoms with Crippen LogP contribution in [0.25, 0.3) is 21.8 Å². The Labute approximate surface area is 151 Å². The van der Waals surface area contributed by atoms with Crippen LogP contribution in [0.1, 0.15) is 0 Å². The summed E-state index contributed by atoms with van der Waals surface area (Å²) < 4.78 is 67.7. The molecular weight excluding hydrogens is 391 g/mol. The number of nitrogens with zero attached hydrogens (tertiary/aromatic N) is 1. The Hall–Kier alpha value is -2.63. The number of para-hydroxylation sites is 1. The van der Waals surface area contributed by atoms with Crippen molar-refractivity contribution >= 4 is 32.2 Å². The molecule has 7 nitrogen and oxygen atoms in total. The van der Waals surface area contributed by atoms with Crippen LogP contribution in [0, 0.1) is 0 Å². The Morgan fingerprint density at radius 2 is 1.63 bits per heavy atom. The van der Waals surface area contributed by atoms with Gasteiger partial charge >= 0.3 is 16.8 Å². The lowest BCUT2D eigenvalue weighted by Crippen LogP contribution is -2.18. The molecule has 0 atom stereocenters. The first-order valence-electron chi connectivity index (χ1n) is 7.23. The molecule has 3 rings (SSSR count). The molecule has 3 aromatic rings. The number of halogens is 3. The number of aryl methyl sites for hydroxylation is 1. The third-order valence-corrected chi connectivity index (χ3v) is 3.92. The Balaban J connectivity index is 0.000000249. The number of alkyl halides is 3. The van der Waals surface area contributed by atoms with Gasteiger partial charge in [0.2, 0.25) is 0 Å². The van der Waals surface area contributed by atoms with E-state index < -0.39 is 16.8 Å². The van der Waals surface area contributed by atoms with Crippen molar-refractivity contribution in [2.45, 2.75) is 6.36 Å². The predicted octanol–water partition coefficient (Wildman–Crippen LogP) is 3.03. The van der Waals surface area contributed by atoms with Crippen molar-refractivity contribution in [2.75, 3.05) is 7.11 Å². The second-order valence-electron chi connectivity index (χ2n) is 5.25. The van der Waals surface area contributed by atoms with Crippen LogP contribution in [0.3, 0.4) is 0 Å². The molecule has 0 radical (unpaired) electrons. The van der Waals surface area contributed by atoms with Crippen LogP contribution in [0.15, 0.2) is 47.3 Å². The van der Waals surface area contributed by atoms with Gasteiger partial charge in [-0.15, -0.1) is 17.4 Å². The largest absolute Gasteiger partial charge is 0.538 e. The van der Waals surface area contributed by atoms with Gasteiger partial charge < -0.3 is 9.30 Å². The highest BCUT2D eigenvalue weighted by Crippen LogP contribution is 2.22. The van der Waals surface area contributed by atoms with Crippen molar-refractivity contribution in [3.63, 3.8) is 0 Å². The monoisotopic (exact) mass is 405 g/mol. The summed E-state index contributed by atoms with van der Waals surface area (Å²) in [6, 6.07) is 13.2. The summed E-state index contributed by atoms with van der Waals surface area (Å²) in [5.74, 6) is 0.757. The minimum absolute atomic E-state index is 0.0707. The maximum absolute atomic E-state index is 12.4. The highest BCUT2D eigenvalue weighted by atomic mass is 32.3. The zero-order valence-electron chi connectivity index (χ0n) is 14.0. The van der Waals surface area contributed by atoms with Crippen molar-refractivity contribution in [1.82, 2.24) is 4.57 Å². The summed E-state index contributed by atoms with van der Waals surface area (Å²) in [6.07, 6.45) is -5.35. The van der Waals surface area contributed by atoms with E-state index in [9.17, 15) is 26.4 Å². The molecule has 1 N–H and O–H groups in total. The van der Waals surface area contributed by atoms with Crippen LogP contribution >= 0.6 is 0 Å². The topological polar surface area (TPSA) is 94.8 Å². The van der Waals surface area contributed by atoms with Crippen LogP contribution in [0.5, 0.6) is 5.75 Å². The molecule has 0 fully saturated rings. The van der Waals surface area contributed by atoms with Gasteiger partial charge in [-0.3, -0.25) is 9.35 Å². The predicted molar refractivity (Wildman–Crippen MR) is 91.9 cm³/mol. The number of aromatic nitrogens is 1. The third kappa shape index (κ3) is 5.18. The van der Waals surface area contributed by atoms with Gasteiger partial charge in [0.15, 0.2) is 5.43 Å². The number of ether oxygens (including phenoxy) is 1. The average molecular weight is 405 g/mol. The molecule has 11 heteroatoms. The molecule has 0 aliphatic carbocycles. The number of rotatable bonds is 2. The second kappa shape index (κ2) is 7.55. The lowest BCUT2D eigenvalue weighted by Gasteiger charge is -2.11. The minimum Gasteiger partial charge on any atom is -0.497 e. The fourth-order valence-electron chi connectivity index (χ4n) is 2.46. The van der Waals surface area contributed by atoms with Crippen molar-refractivity contribution in [1.29, 1.82) is 0 Å². The van der Waals surface area contributed by atoms with Crippen molar-refractivity contribution < 1.29 is 35.1 Å². The molecule has 0 unspecified atom stereocenters. The number of hydrogen-bond donors (Lipinski definition) is 1. The van der Waals surface area contributed by atoms with Gasteiger partial charge in [0.1, 0.15) is 5.75 Å². The Morgan fingerprint density at radius 1 is 1.04 bits per heavy atom. The van der Waals surface area contributed by atoms with Crippen LogP contribution in [-0.2, 0) is 21.6 Å². The fraction of sp³-hybridized carbons (Fsp3) is 0.188. The third-order valence-electron chi connectivity index (χ3n) is 3.52. The van der Waals surface area contributed by atoms with Crippen LogP contribution in [-0.4, -0.2) is 31.0 Å². The molecule has 0 aliphatic rings. The van der Waals surface area contributed by atoms with E-state index in [1.807, 2.05) is 54.1 Å². The number of methoxy groups -OCH3 is 1. The van der Waals surface area contributed by atoms with E-state index in [1.165, 1.54) is 0 Å². The maximum atomic E-state index is 12.4. The lowest BCUT2D eigenvalue weighted by molar-refractivity contribution is -0.274. The number of pyridine rings is 1. The smallest absolute Gasteiger partial charge is 0.497 e. The first-order valence-corrected chi connectivity index (χ1v) is 8.60. The molecule has 27 heavy (non-hydrogen) atoms. The second-order valence-corrected chi connectivity index (χ2v) is 6.27. The van der Waals surface area contributed by atoms with Crippen LogP contribution < -0.4 is 10.2 Å². The van der Waals surface area contributed by atoms with Gasteiger partial charge in [0, 0.05) is 23.9 Å². The van der Waals surface area contributed by atoms with E-state index in [4.69, 9.17) is 9.29 Å². The molecule has 0 saturated heterocycles. The maximum Gasteiger partial charge on any atom is 0.538 e. The summed E-state index contributed by atoms with van der Waals surface area (Å²) in [5.41, 5.74) is 1.89. The summed E-state index contributed by atoms with van der Waals surface area (Å²) >= 11 is 0. The molecule has 0 aliphatic heterocycles. The SMILES string of the molecule is COc1ccc2c(=O)c3ccccc3n(C)c2c1.O=S(=O)(O)OC(F)(F)F. The molecule has 0 bridgehead atoms. The van der Waals surface area contributed by atoms with Gasteiger partial charge in [-0.2, -0.15) is 8.42 Å². The summed E-state index contributed by atoms with van der Waals surface area (Å²) in [4.78, 5) is 12.4. The van der Waals surface area contributed by atoms with Crippen molar-refractivity contribution in [3.05, 3.63) is 52.7 Å². The number of fused-ring (bicyclic) bond motifs is 2. The quantitative estimate of drug-likeness (QED) is 0.520. The van der Waals surface area contributed by atoms with E-state index in [-0.39, 0.29) is 5.43 Å². The molecule has 1 heterocycles. The fourth-order valence-corrected chi connectivity index (χ4v) is 2.70. The van der Waals surface area contributed by atoms with Crippen molar-refractivity contribution in [3.8, 4) is 5.75 Å². The van der Waals surface area contributed by atoms with Gasteiger partial charge in [-0.05, 0) is 24.3 Å². The molecular formula is C16H14F3NO6S. The number of hydrogen-bond acceptors (Lipinski definition) is 5. The molecule has 0 spiro atoms. The average Bonchev–Trinajstić information content (AvgIpc) is 2.56. The molecule has 0 saturated carbocycles. The van der Waals surface area contributed by atoms with Crippen LogP contribution in [0.2, 0.25) is 0 Å².